The number of benzene rings is 2. The molecule has 0 saturated heterocycles. The smallest absolute Gasteiger partial charge is 0.264 e. The van der Waals surface area contributed by atoms with E-state index in [1.165, 1.54) is 0 Å². The second-order valence-corrected chi connectivity index (χ2v) is 5.64. The lowest BCUT2D eigenvalue weighted by molar-refractivity contribution is 1.01. The predicted molar refractivity (Wildman–Crippen MR) is 86.4 cm³/mol. The number of pyridine rings is 1. The molecule has 3 nitrogen and oxygen atoms in total. The van der Waals surface area contributed by atoms with E-state index in [1.807, 2.05) is 55.5 Å². The first kappa shape index (κ1) is 12.9. The zero-order chi connectivity index (χ0) is 14.3. The van der Waals surface area contributed by atoms with E-state index in [0.717, 1.165) is 21.1 Å². The lowest BCUT2D eigenvalue weighted by Crippen LogP contribution is -2.22. The highest BCUT2D eigenvalue weighted by molar-refractivity contribution is 9.10. The first-order valence-electron chi connectivity index (χ1n) is 6.25. The molecule has 0 atom stereocenters. The zero-order valence-corrected chi connectivity index (χ0v) is 12.5. The molecular weight excluding hydrogens is 316 g/mol. The first-order chi connectivity index (χ1) is 9.58. The SMILES string of the molecule is Cc1ccc(Br)cc1-n1c(N)cc2ccccc2c1=O. The van der Waals surface area contributed by atoms with Crippen molar-refractivity contribution in [3.8, 4) is 5.69 Å². The standard InChI is InChI=1S/C16H13BrN2O/c1-10-6-7-12(17)9-14(10)19-15(18)8-11-4-2-3-5-13(11)16(19)20/h2-9H,18H2,1H3. The van der Waals surface area contributed by atoms with E-state index >= 15 is 0 Å². The van der Waals surface area contributed by atoms with E-state index in [2.05, 4.69) is 15.9 Å². The minimum absolute atomic E-state index is 0.0956. The summed E-state index contributed by atoms with van der Waals surface area (Å²) in [5.74, 6) is 0.440. The number of nitrogens with zero attached hydrogens (tertiary/aromatic N) is 1. The Labute approximate surface area is 124 Å². The first-order valence-corrected chi connectivity index (χ1v) is 7.04. The van der Waals surface area contributed by atoms with Crippen molar-refractivity contribution in [2.24, 2.45) is 0 Å². The lowest BCUT2D eigenvalue weighted by Gasteiger charge is -2.14. The summed E-state index contributed by atoms with van der Waals surface area (Å²) in [4.78, 5) is 12.7. The van der Waals surface area contributed by atoms with Gasteiger partial charge in [-0.25, -0.2) is 0 Å². The molecule has 100 valence electrons. The van der Waals surface area contributed by atoms with Crippen LogP contribution in [0.5, 0.6) is 0 Å². The average molecular weight is 329 g/mol. The summed E-state index contributed by atoms with van der Waals surface area (Å²) in [5, 5.41) is 1.53. The number of anilines is 1. The number of aryl methyl sites for hydroxylation is 1. The molecule has 1 aromatic heterocycles. The Morgan fingerprint density at radius 1 is 1.10 bits per heavy atom. The molecule has 1 heterocycles. The Morgan fingerprint density at radius 2 is 1.85 bits per heavy atom. The van der Waals surface area contributed by atoms with Crippen LogP contribution >= 0.6 is 15.9 Å². The molecule has 0 aliphatic carbocycles. The fraction of sp³-hybridized carbons (Fsp3) is 0.0625. The molecule has 0 amide bonds. The van der Waals surface area contributed by atoms with Crippen LogP contribution in [0.4, 0.5) is 5.82 Å². The Bertz CT molecular complexity index is 868. The van der Waals surface area contributed by atoms with Gasteiger partial charge in [-0.05, 0) is 42.1 Å². The highest BCUT2D eigenvalue weighted by Gasteiger charge is 2.11. The van der Waals surface area contributed by atoms with E-state index in [4.69, 9.17) is 5.73 Å². The normalized spacial score (nSPS) is 10.9. The van der Waals surface area contributed by atoms with Gasteiger partial charge >= 0.3 is 0 Å². The topological polar surface area (TPSA) is 48.0 Å². The number of aromatic nitrogens is 1. The Morgan fingerprint density at radius 3 is 2.65 bits per heavy atom. The van der Waals surface area contributed by atoms with E-state index < -0.39 is 0 Å². The average Bonchev–Trinajstić information content (AvgIpc) is 2.42. The van der Waals surface area contributed by atoms with Gasteiger partial charge in [-0.15, -0.1) is 0 Å². The summed E-state index contributed by atoms with van der Waals surface area (Å²) >= 11 is 3.44. The second-order valence-electron chi connectivity index (χ2n) is 4.73. The van der Waals surface area contributed by atoms with Crippen LogP contribution in [0.1, 0.15) is 5.56 Å². The Balaban J connectivity index is 2.42. The van der Waals surface area contributed by atoms with E-state index in [-0.39, 0.29) is 5.56 Å². The maximum atomic E-state index is 12.7. The quantitative estimate of drug-likeness (QED) is 0.741. The molecule has 0 aliphatic rings. The summed E-state index contributed by atoms with van der Waals surface area (Å²) in [6.07, 6.45) is 0. The van der Waals surface area contributed by atoms with Crippen molar-refractivity contribution in [3.05, 3.63) is 68.9 Å². The van der Waals surface area contributed by atoms with E-state index in [0.29, 0.717) is 11.2 Å². The predicted octanol–water partition coefficient (Wildman–Crippen LogP) is 3.64. The molecule has 20 heavy (non-hydrogen) atoms. The third kappa shape index (κ3) is 2.02. The molecule has 2 N–H and O–H groups in total. The highest BCUT2D eigenvalue weighted by Crippen LogP contribution is 2.23. The molecular formula is C16H13BrN2O. The summed E-state index contributed by atoms with van der Waals surface area (Å²) in [6.45, 7) is 1.96. The Kier molecular flexibility index (Phi) is 3.10. The van der Waals surface area contributed by atoms with Gasteiger partial charge in [0, 0.05) is 9.86 Å². The summed E-state index contributed by atoms with van der Waals surface area (Å²) in [5.41, 5.74) is 7.79. The molecule has 0 unspecified atom stereocenters. The van der Waals surface area contributed by atoms with Crippen molar-refractivity contribution in [2.45, 2.75) is 6.92 Å². The number of hydrogen-bond donors (Lipinski definition) is 1. The molecule has 2 aromatic carbocycles. The van der Waals surface area contributed by atoms with Crippen LogP contribution in [-0.4, -0.2) is 4.57 Å². The van der Waals surface area contributed by atoms with Crippen molar-refractivity contribution in [1.82, 2.24) is 4.57 Å². The van der Waals surface area contributed by atoms with Crippen LogP contribution in [0.3, 0.4) is 0 Å². The number of fused-ring (bicyclic) bond motifs is 1. The van der Waals surface area contributed by atoms with Gasteiger partial charge in [0.15, 0.2) is 0 Å². The van der Waals surface area contributed by atoms with Gasteiger partial charge in [-0.2, -0.15) is 0 Å². The molecule has 3 rings (SSSR count). The largest absolute Gasteiger partial charge is 0.385 e. The molecule has 3 aromatic rings. The van der Waals surface area contributed by atoms with Gasteiger partial charge in [0.05, 0.1) is 5.69 Å². The van der Waals surface area contributed by atoms with E-state index in [1.54, 1.807) is 4.57 Å². The molecule has 0 saturated carbocycles. The molecule has 4 heteroatoms. The zero-order valence-electron chi connectivity index (χ0n) is 10.9. The minimum atomic E-state index is -0.0956. The lowest BCUT2D eigenvalue weighted by atomic mass is 10.1. The van der Waals surface area contributed by atoms with Crippen molar-refractivity contribution in [2.75, 3.05) is 5.73 Å². The fourth-order valence-electron chi connectivity index (χ4n) is 2.35. The van der Waals surface area contributed by atoms with Crippen LogP contribution in [0, 0.1) is 6.92 Å². The number of nitrogens with two attached hydrogens (primary N) is 1. The summed E-state index contributed by atoms with van der Waals surface area (Å²) < 4.78 is 2.47. The number of halogens is 1. The molecule has 0 bridgehead atoms. The van der Waals surface area contributed by atoms with Crippen LogP contribution in [0.25, 0.3) is 16.5 Å². The third-order valence-corrected chi connectivity index (χ3v) is 3.86. The van der Waals surface area contributed by atoms with Crippen molar-refractivity contribution >= 4 is 32.5 Å². The molecule has 0 fully saturated rings. The van der Waals surface area contributed by atoms with Gasteiger partial charge < -0.3 is 5.73 Å². The van der Waals surface area contributed by atoms with Crippen molar-refractivity contribution in [3.63, 3.8) is 0 Å². The second kappa shape index (κ2) is 4.80. The van der Waals surface area contributed by atoms with Crippen LogP contribution in [0.2, 0.25) is 0 Å². The third-order valence-electron chi connectivity index (χ3n) is 3.37. The molecule has 0 spiro atoms. The maximum absolute atomic E-state index is 12.7. The van der Waals surface area contributed by atoms with Crippen molar-refractivity contribution in [1.29, 1.82) is 0 Å². The fourth-order valence-corrected chi connectivity index (χ4v) is 2.70. The monoisotopic (exact) mass is 328 g/mol. The number of rotatable bonds is 1. The summed E-state index contributed by atoms with van der Waals surface area (Å²) in [6, 6.07) is 15.1. The van der Waals surface area contributed by atoms with Crippen molar-refractivity contribution < 1.29 is 0 Å². The van der Waals surface area contributed by atoms with Gasteiger partial charge in [0.2, 0.25) is 0 Å². The number of hydrogen-bond acceptors (Lipinski definition) is 2. The van der Waals surface area contributed by atoms with Gasteiger partial charge in [0.25, 0.3) is 5.56 Å². The number of nitrogen functional groups attached to an aromatic ring is 1. The van der Waals surface area contributed by atoms with Gasteiger partial charge in [-0.3, -0.25) is 9.36 Å². The van der Waals surface area contributed by atoms with Gasteiger partial charge in [0.1, 0.15) is 5.82 Å². The maximum Gasteiger partial charge on any atom is 0.264 e. The van der Waals surface area contributed by atoms with E-state index in [9.17, 15) is 4.79 Å². The van der Waals surface area contributed by atoms with Gasteiger partial charge in [-0.1, -0.05) is 40.2 Å². The van der Waals surface area contributed by atoms with Crippen LogP contribution < -0.4 is 11.3 Å². The van der Waals surface area contributed by atoms with Crippen LogP contribution in [-0.2, 0) is 0 Å². The molecule has 0 aliphatic heterocycles. The minimum Gasteiger partial charge on any atom is -0.385 e. The van der Waals surface area contributed by atoms with Crippen LogP contribution in [0.15, 0.2) is 57.8 Å². The molecule has 0 radical (unpaired) electrons. The Hall–Kier alpha value is -2.07. The highest BCUT2D eigenvalue weighted by atomic mass is 79.9. The summed E-state index contributed by atoms with van der Waals surface area (Å²) in [7, 11) is 0.